The molecule has 0 atom stereocenters. The van der Waals surface area contributed by atoms with Gasteiger partial charge in [0.15, 0.2) is 5.78 Å². The van der Waals surface area contributed by atoms with Gasteiger partial charge in [-0.3, -0.25) is 9.78 Å². The molecule has 0 amide bonds. The molecule has 1 aromatic heterocycles. The number of hydroxylamine groups is 1. The lowest BCUT2D eigenvalue weighted by atomic mass is 9.98. The SMILES string of the molecule is C=Cc1cc(C)c(-c2cc(C(C)=O)ccn2)cc1N(C)[O-]. The predicted molar refractivity (Wildman–Crippen MR) is 86.3 cm³/mol. The van der Waals surface area contributed by atoms with Crippen LogP contribution in [0.3, 0.4) is 0 Å². The van der Waals surface area contributed by atoms with E-state index in [1.165, 1.54) is 14.0 Å². The average molecular weight is 281 g/mol. The van der Waals surface area contributed by atoms with Gasteiger partial charge in [-0.15, -0.1) is 0 Å². The van der Waals surface area contributed by atoms with Crippen molar-refractivity contribution in [1.82, 2.24) is 4.98 Å². The number of aryl methyl sites for hydroxylation is 1. The topological polar surface area (TPSA) is 56.3 Å². The van der Waals surface area contributed by atoms with Crippen molar-refractivity contribution in [1.29, 1.82) is 0 Å². The molecule has 0 aliphatic rings. The molecular formula is C17H17N2O2-. The molecular weight excluding hydrogens is 264 g/mol. The largest absolute Gasteiger partial charge is 0.758 e. The highest BCUT2D eigenvalue weighted by molar-refractivity contribution is 5.95. The van der Waals surface area contributed by atoms with Gasteiger partial charge in [0.2, 0.25) is 0 Å². The number of rotatable bonds is 4. The van der Waals surface area contributed by atoms with Gasteiger partial charge in [0.05, 0.1) is 5.69 Å². The van der Waals surface area contributed by atoms with Gasteiger partial charge in [-0.2, -0.15) is 0 Å². The number of benzene rings is 1. The number of ketones is 1. The molecule has 1 heterocycles. The monoisotopic (exact) mass is 281 g/mol. The van der Waals surface area contributed by atoms with Crippen molar-refractivity contribution in [2.45, 2.75) is 13.8 Å². The fraction of sp³-hybridized carbons (Fsp3) is 0.176. The zero-order valence-electron chi connectivity index (χ0n) is 12.4. The molecule has 0 aliphatic heterocycles. The van der Waals surface area contributed by atoms with E-state index in [1.807, 2.05) is 13.0 Å². The minimum Gasteiger partial charge on any atom is -0.758 e. The number of aromatic nitrogens is 1. The zero-order chi connectivity index (χ0) is 15.6. The van der Waals surface area contributed by atoms with Gasteiger partial charge in [-0.1, -0.05) is 12.7 Å². The van der Waals surface area contributed by atoms with Crippen molar-refractivity contribution in [3.8, 4) is 11.3 Å². The minimum atomic E-state index is -0.0137. The number of carbonyl (C=O) groups excluding carboxylic acids is 1. The molecule has 0 radical (unpaired) electrons. The van der Waals surface area contributed by atoms with E-state index >= 15 is 0 Å². The molecule has 0 aliphatic carbocycles. The van der Waals surface area contributed by atoms with Gasteiger partial charge in [0.25, 0.3) is 0 Å². The Bertz CT molecular complexity index is 706. The van der Waals surface area contributed by atoms with Crippen LogP contribution in [0.15, 0.2) is 37.0 Å². The van der Waals surface area contributed by atoms with E-state index in [-0.39, 0.29) is 5.78 Å². The van der Waals surface area contributed by atoms with Crippen molar-refractivity contribution >= 4 is 17.5 Å². The number of hydrogen-bond donors (Lipinski definition) is 0. The molecule has 0 saturated heterocycles. The van der Waals surface area contributed by atoms with Crippen LogP contribution in [0.2, 0.25) is 0 Å². The summed E-state index contributed by atoms with van der Waals surface area (Å²) in [4.78, 5) is 15.8. The van der Waals surface area contributed by atoms with E-state index in [0.29, 0.717) is 16.9 Å². The molecule has 4 heteroatoms. The standard InChI is InChI=1S/C17H17N2O2/c1-5-13-8-11(2)15(10-17(13)19(4)21)16-9-14(12(3)20)6-7-18-16/h5-10H,1H2,2-4H3/q-1. The van der Waals surface area contributed by atoms with Crippen LogP contribution < -0.4 is 5.06 Å². The lowest BCUT2D eigenvalue weighted by Crippen LogP contribution is -2.08. The van der Waals surface area contributed by atoms with Crippen LogP contribution in [0.5, 0.6) is 0 Å². The third-order valence-electron chi connectivity index (χ3n) is 3.38. The van der Waals surface area contributed by atoms with Crippen molar-refractivity contribution in [3.63, 3.8) is 0 Å². The van der Waals surface area contributed by atoms with Gasteiger partial charge in [0.1, 0.15) is 0 Å². The van der Waals surface area contributed by atoms with E-state index in [9.17, 15) is 10.0 Å². The molecule has 0 spiro atoms. The molecule has 0 unspecified atom stereocenters. The first-order valence-corrected chi connectivity index (χ1v) is 6.59. The van der Waals surface area contributed by atoms with Gasteiger partial charge < -0.3 is 10.3 Å². The van der Waals surface area contributed by atoms with Crippen LogP contribution in [0.25, 0.3) is 17.3 Å². The molecule has 108 valence electrons. The Morgan fingerprint density at radius 1 is 1.38 bits per heavy atom. The third-order valence-corrected chi connectivity index (χ3v) is 3.38. The van der Waals surface area contributed by atoms with E-state index in [4.69, 9.17) is 0 Å². The lowest BCUT2D eigenvalue weighted by molar-refractivity contribution is 0.101. The molecule has 4 nitrogen and oxygen atoms in total. The van der Waals surface area contributed by atoms with E-state index in [1.54, 1.807) is 30.5 Å². The van der Waals surface area contributed by atoms with E-state index < -0.39 is 0 Å². The first-order chi connectivity index (χ1) is 9.93. The van der Waals surface area contributed by atoms with Crippen LogP contribution in [0.4, 0.5) is 5.69 Å². The minimum absolute atomic E-state index is 0.0137. The summed E-state index contributed by atoms with van der Waals surface area (Å²) in [5.41, 5.74) is 4.39. The maximum atomic E-state index is 11.7. The molecule has 2 aromatic rings. The Labute approximate surface area is 124 Å². The normalized spacial score (nSPS) is 10.3. The summed E-state index contributed by atoms with van der Waals surface area (Å²) < 4.78 is 0. The average Bonchev–Trinajstić information content (AvgIpc) is 2.46. The smallest absolute Gasteiger partial charge is 0.159 e. The van der Waals surface area contributed by atoms with Crippen molar-refractivity contribution < 1.29 is 4.79 Å². The van der Waals surface area contributed by atoms with Crippen LogP contribution in [0.1, 0.15) is 28.4 Å². The summed E-state index contributed by atoms with van der Waals surface area (Å²) in [5, 5.41) is 12.5. The third kappa shape index (κ3) is 3.01. The van der Waals surface area contributed by atoms with Gasteiger partial charge in [-0.05, 0) is 56.3 Å². The second-order valence-electron chi connectivity index (χ2n) is 4.91. The number of nitrogens with zero attached hydrogens (tertiary/aromatic N) is 2. The zero-order valence-corrected chi connectivity index (χ0v) is 12.4. The maximum Gasteiger partial charge on any atom is 0.159 e. The molecule has 0 fully saturated rings. The van der Waals surface area contributed by atoms with Crippen molar-refractivity contribution in [2.75, 3.05) is 12.1 Å². The summed E-state index contributed by atoms with van der Waals surface area (Å²) in [7, 11) is 1.45. The number of carbonyl (C=O) groups is 1. The Morgan fingerprint density at radius 3 is 2.67 bits per heavy atom. The number of pyridine rings is 1. The Kier molecular flexibility index (Phi) is 4.19. The van der Waals surface area contributed by atoms with Crippen LogP contribution in [-0.2, 0) is 0 Å². The van der Waals surface area contributed by atoms with Crippen LogP contribution in [0, 0.1) is 12.1 Å². The fourth-order valence-electron chi connectivity index (χ4n) is 2.23. The van der Waals surface area contributed by atoms with E-state index in [0.717, 1.165) is 21.8 Å². The highest BCUT2D eigenvalue weighted by Gasteiger charge is 2.10. The second kappa shape index (κ2) is 5.89. The van der Waals surface area contributed by atoms with Gasteiger partial charge in [-0.25, -0.2) is 0 Å². The van der Waals surface area contributed by atoms with Crippen LogP contribution in [-0.4, -0.2) is 17.8 Å². The predicted octanol–water partition coefficient (Wildman–Crippen LogP) is 3.84. The number of Topliss-reactive ketones (excluding diaryl/α,β-unsaturated/α-hetero) is 1. The van der Waals surface area contributed by atoms with E-state index in [2.05, 4.69) is 11.6 Å². The maximum absolute atomic E-state index is 11.7. The molecule has 0 saturated carbocycles. The quantitative estimate of drug-likeness (QED) is 0.631. The first kappa shape index (κ1) is 14.9. The van der Waals surface area contributed by atoms with Gasteiger partial charge in [0, 0.05) is 23.0 Å². The molecule has 0 N–H and O–H groups in total. The summed E-state index contributed by atoms with van der Waals surface area (Å²) in [6.07, 6.45) is 3.26. The summed E-state index contributed by atoms with van der Waals surface area (Å²) in [6, 6.07) is 7.10. The highest BCUT2D eigenvalue weighted by atomic mass is 16.5. The summed E-state index contributed by atoms with van der Waals surface area (Å²) in [6.45, 7) is 7.19. The number of hydrogen-bond acceptors (Lipinski definition) is 4. The lowest BCUT2D eigenvalue weighted by Gasteiger charge is -2.28. The molecule has 0 bridgehead atoms. The van der Waals surface area contributed by atoms with Gasteiger partial charge >= 0.3 is 0 Å². The molecule has 2 rings (SSSR count). The van der Waals surface area contributed by atoms with Crippen LogP contribution >= 0.6 is 0 Å². The Morgan fingerprint density at radius 2 is 2.10 bits per heavy atom. The Balaban J connectivity index is 2.63. The molecule has 21 heavy (non-hydrogen) atoms. The highest BCUT2D eigenvalue weighted by Crippen LogP contribution is 2.31. The molecule has 1 aromatic carbocycles. The first-order valence-electron chi connectivity index (χ1n) is 6.59. The van der Waals surface area contributed by atoms with Crippen molar-refractivity contribution in [2.24, 2.45) is 0 Å². The second-order valence-corrected chi connectivity index (χ2v) is 4.91. The Hall–Kier alpha value is -2.46. The fourth-order valence-corrected chi connectivity index (χ4v) is 2.23. The number of anilines is 1. The summed E-state index contributed by atoms with van der Waals surface area (Å²) >= 11 is 0. The summed E-state index contributed by atoms with van der Waals surface area (Å²) in [5.74, 6) is -0.0137. The van der Waals surface area contributed by atoms with Crippen molar-refractivity contribution in [3.05, 3.63) is 58.9 Å².